The van der Waals surface area contributed by atoms with E-state index in [9.17, 15) is 9.18 Å². The number of piperidine rings is 2. The molecule has 2 aliphatic rings. The summed E-state index contributed by atoms with van der Waals surface area (Å²) in [6.07, 6.45) is 7.45. The number of hydrogen-bond donors (Lipinski definition) is 0. The highest BCUT2D eigenvalue weighted by atomic mass is 19.1. The Kier molecular flexibility index (Phi) is 6.04. The number of likely N-dealkylation sites (tertiary alicyclic amines) is 2. The first-order chi connectivity index (χ1) is 14.1. The van der Waals surface area contributed by atoms with Gasteiger partial charge in [0.25, 0.3) is 0 Å². The van der Waals surface area contributed by atoms with Crippen molar-refractivity contribution in [2.24, 2.45) is 0 Å². The van der Waals surface area contributed by atoms with E-state index in [4.69, 9.17) is 4.74 Å². The summed E-state index contributed by atoms with van der Waals surface area (Å²) in [4.78, 5) is 25.0. The summed E-state index contributed by atoms with van der Waals surface area (Å²) in [5.41, 5.74) is 0.836. The number of amides is 1. The SMILES string of the molecule is CC(=O)N1CCC(N2CCCC(c3nccnc3Oc3cccc(F)c3)C2)CC1. The molecule has 2 saturated heterocycles. The number of aromatic nitrogens is 2. The molecular formula is C22H27FN4O2. The topological polar surface area (TPSA) is 58.6 Å². The van der Waals surface area contributed by atoms with Gasteiger partial charge in [0.2, 0.25) is 11.8 Å². The second-order valence-electron chi connectivity index (χ2n) is 7.88. The van der Waals surface area contributed by atoms with E-state index in [1.54, 1.807) is 31.5 Å². The molecule has 3 heterocycles. The summed E-state index contributed by atoms with van der Waals surface area (Å²) < 4.78 is 19.4. The molecule has 1 unspecified atom stereocenters. The number of ether oxygens (including phenoxy) is 1. The normalized spacial score (nSPS) is 21.2. The Morgan fingerprint density at radius 1 is 1.14 bits per heavy atom. The third-order valence-corrected chi connectivity index (χ3v) is 5.97. The zero-order valence-electron chi connectivity index (χ0n) is 16.8. The molecule has 1 atom stereocenters. The quantitative estimate of drug-likeness (QED) is 0.788. The lowest BCUT2D eigenvalue weighted by Crippen LogP contribution is -2.49. The Hall–Kier alpha value is -2.54. The van der Waals surface area contributed by atoms with Gasteiger partial charge >= 0.3 is 0 Å². The lowest BCUT2D eigenvalue weighted by Gasteiger charge is -2.42. The maximum absolute atomic E-state index is 13.5. The van der Waals surface area contributed by atoms with Crippen LogP contribution in [0.4, 0.5) is 4.39 Å². The summed E-state index contributed by atoms with van der Waals surface area (Å²) in [6, 6.07) is 6.58. The molecular weight excluding hydrogens is 371 g/mol. The summed E-state index contributed by atoms with van der Waals surface area (Å²) in [6.45, 7) is 5.29. The second kappa shape index (κ2) is 8.86. The van der Waals surface area contributed by atoms with Crippen LogP contribution in [-0.4, -0.2) is 57.9 Å². The van der Waals surface area contributed by atoms with Gasteiger partial charge in [-0.1, -0.05) is 6.07 Å². The van der Waals surface area contributed by atoms with E-state index in [0.717, 1.165) is 57.6 Å². The van der Waals surface area contributed by atoms with E-state index in [1.165, 1.54) is 12.1 Å². The molecule has 6 nitrogen and oxygen atoms in total. The average Bonchev–Trinajstić information content (AvgIpc) is 2.74. The molecule has 0 spiro atoms. The minimum atomic E-state index is -0.339. The predicted molar refractivity (Wildman–Crippen MR) is 107 cm³/mol. The first-order valence-corrected chi connectivity index (χ1v) is 10.3. The molecule has 2 aliphatic heterocycles. The van der Waals surface area contributed by atoms with Crippen molar-refractivity contribution in [3.63, 3.8) is 0 Å². The molecule has 7 heteroatoms. The summed E-state index contributed by atoms with van der Waals surface area (Å²) >= 11 is 0. The van der Waals surface area contributed by atoms with Gasteiger partial charge in [0.15, 0.2) is 0 Å². The van der Waals surface area contributed by atoms with Gasteiger partial charge in [-0.15, -0.1) is 0 Å². The van der Waals surface area contributed by atoms with Gasteiger partial charge in [-0.05, 0) is 44.4 Å². The van der Waals surface area contributed by atoms with Crippen LogP contribution in [0, 0.1) is 5.82 Å². The maximum atomic E-state index is 13.5. The highest BCUT2D eigenvalue weighted by Gasteiger charge is 2.32. The first-order valence-electron chi connectivity index (χ1n) is 10.3. The zero-order chi connectivity index (χ0) is 20.2. The van der Waals surface area contributed by atoms with Gasteiger partial charge in [0, 0.05) is 57.0 Å². The van der Waals surface area contributed by atoms with Crippen molar-refractivity contribution < 1.29 is 13.9 Å². The third-order valence-electron chi connectivity index (χ3n) is 5.97. The fraction of sp³-hybridized carbons (Fsp3) is 0.500. The minimum absolute atomic E-state index is 0.165. The third kappa shape index (κ3) is 4.72. The molecule has 1 aromatic carbocycles. The van der Waals surface area contributed by atoms with Crippen molar-refractivity contribution in [2.45, 2.75) is 44.6 Å². The van der Waals surface area contributed by atoms with Crippen molar-refractivity contribution >= 4 is 5.91 Å². The van der Waals surface area contributed by atoms with Crippen molar-refractivity contribution in [2.75, 3.05) is 26.2 Å². The number of halogens is 1. The van der Waals surface area contributed by atoms with Gasteiger partial charge in [-0.2, -0.15) is 0 Å². The Labute approximate surface area is 170 Å². The first kappa shape index (κ1) is 19.8. The number of benzene rings is 1. The Bertz CT molecular complexity index is 854. The van der Waals surface area contributed by atoms with Gasteiger partial charge in [0.05, 0.1) is 0 Å². The predicted octanol–water partition coefficient (Wildman–Crippen LogP) is 3.60. The minimum Gasteiger partial charge on any atom is -0.437 e. The summed E-state index contributed by atoms with van der Waals surface area (Å²) in [5.74, 6) is 0.937. The molecule has 0 N–H and O–H groups in total. The number of carbonyl (C=O) groups is 1. The highest BCUT2D eigenvalue weighted by Crippen LogP contribution is 2.34. The number of nitrogens with zero attached hydrogens (tertiary/aromatic N) is 4. The van der Waals surface area contributed by atoms with Crippen LogP contribution >= 0.6 is 0 Å². The summed E-state index contributed by atoms with van der Waals surface area (Å²) in [7, 11) is 0. The molecule has 1 amide bonds. The molecule has 4 rings (SSSR count). The molecule has 154 valence electrons. The lowest BCUT2D eigenvalue weighted by atomic mass is 9.91. The van der Waals surface area contributed by atoms with Crippen LogP contribution in [0.1, 0.15) is 44.2 Å². The highest BCUT2D eigenvalue weighted by molar-refractivity contribution is 5.73. The van der Waals surface area contributed by atoms with Gasteiger partial charge in [-0.3, -0.25) is 14.7 Å². The largest absolute Gasteiger partial charge is 0.437 e. The van der Waals surface area contributed by atoms with Crippen molar-refractivity contribution in [3.8, 4) is 11.6 Å². The average molecular weight is 398 g/mol. The number of carbonyl (C=O) groups excluding carboxylic acids is 1. The molecule has 0 radical (unpaired) electrons. The molecule has 2 aromatic rings. The molecule has 29 heavy (non-hydrogen) atoms. The van der Waals surface area contributed by atoms with Crippen molar-refractivity contribution in [1.82, 2.24) is 19.8 Å². The van der Waals surface area contributed by atoms with Crippen LogP contribution in [0.2, 0.25) is 0 Å². The maximum Gasteiger partial charge on any atom is 0.241 e. The fourth-order valence-electron chi connectivity index (χ4n) is 4.44. The van der Waals surface area contributed by atoms with Gasteiger partial charge in [0.1, 0.15) is 17.3 Å². The Morgan fingerprint density at radius 2 is 1.93 bits per heavy atom. The fourth-order valence-corrected chi connectivity index (χ4v) is 4.44. The van der Waals surface area contributed by atoms with Crippen LogP contribution in [0.15, 0.2) is 36.7 Å². The van der Waals surface area contributed by atoms with Crippen LogP contribution in [-0.2, 0) is 4.79 Å². The zero-order valence-corrected chi connectivity index (χ0v) is 16.8. The van der Waals surface area contributed by atoms with Crippen LogP contribution < -0.4 is 4.74 Å². The van der Waals surface area contributed by atoms with E-state index in [-0.39, 0.29) is 17.6 Å². The van der Waals surface area contributed by atoms with Crippen LogP contribution in [0.3, 0.4) is 0 Å². The second-order valence-corrected chi connectivity index (χ2v) is 7.88. The molecule has 0 aliphatic carbocycles. The molecule has 1 aromatic heterocycles. The van der Waals surface area contributed by atoms with Gasteiger partial charge in [-0.25, -0.2) is 9.37 Å². The van der Waals surface area contributed by atoms with E-state index in [1.807, 2.05) is 4.90 Å². The van der Waals surface area contributed by atoms with Crippen molar-refractivity contribution in [3.05, 3.63) is 48.2 Å². The number of hydrogen-bond acceptors (Lipinski definition) is 5. The monoisotopic (exact) mass is 398 g/mol. The van der Waals surface area contributed by atoms with Crippen LogP contribution in [0.25, 0.3) is 0 Å². The Balaban J connectivity index is 1.45. The molecule has 0 bridgehead atoms. The number of rotatable bonds is 4. The van der Waals surface area contributed by atoms with E-state index < -0.39 is 0 Å². The lowest BCUT2D eigenvalue weighted by molar-refractivity contribution is -0.130. The van der Waals surface area contributed by atoms with Crippen LogP contribution in [0.5, 0.6) is 11.6 Å². The van der Waals surface area contributed by atoms with Crippen molar-refractivity contribution in [1.29, 1.82) is 0 Å². The molecule has 0 saturated carbocycles. The Morgan fingerprint density at radius 3 is 2.69 bits per heavy atom. The van der Waals surface area contributed by atoms with Gasteiger partial charge < -0.3 is 9.64 Å². The van der Waals surface area contributed by atoms with E-state index in [2.05, 4.69) is 14.9 Å². The van der Waals surface area contributed by atoms with E-state index in [0.29, 0.717) is 17.7 Å². The summed E-state index contributed by atoms with van der Waals surface area (Å²) in [5, 5.41) is 0. The van der Waals surface area contributed by atoms with E-state index >= 15 is 0 Å². The smallest absolute Gasteiger partial charge is 0.241 e. The standard InChI is InChI=1S/C22H27FN4O2/c1-16(28)26-12-7-19(8-13-26)27-11-3-4-17(15-27)21-22(25-10-9-24-21)29-20-6-2-5-18(23)14-20/h2,5-6,9-10,14,17,19H,3-4,7-8,11-13,15H2,1H3. The molecule has 2 fully saturated rings.